The molecule has 0 aromatic carbocycles. The number of aryl methyl sites for hydroxylation is 1. The maximum absolute atomic E-state index is 4.67. The molecule has 4 heteroatoms. The van der Waals surface area contributed by atoms with Crippen LogP contribution in [0.5, 0.6) is 0 Å². The van der Waals surface area contributed by atoms with E-state index >= 15 is 0 Å². The van der Waals surface area contributed by atoms with E-state index in [0.29, 0.717) is 12.6 Å². The Balaban J connectivity index is 1.96. The Labute approximate surface area is 122 Å². The smallest absolute Gasteiger partial charge is 0.191 e. The molecule has 0 spiro atoms. The third-order valence-corrected chi connectivity index (χ3v) is 3.80. The number of pyridine rings is 1. The molecule has 0 saturated heterocycles. The van der Waals surface area contributed by atoms with E-state index in [1.54, 1.807) is 0 Å². The largest absolute Gasteiger partial charge is 0.357 e. The Morgan fingerprint density at radius 2 is 2.15 bits per heavy atom. The van der Waals surface area contributed by atoms with Crippen molar-refractivity contribution in [1.29, 1.82) is 0 Å². The van der Waals surface area contributed by atoms with Gasteiger partial charge >= 0.3 is 0 Å². The summed E-state index contributed by atoms with van der Waals surface area (Å²) >= 11 is 0. The zero-order chi connectivity index (χ0) is 14.2. The summed E-state index contributed by atoms with van der Waals surface area (Å²) in [6.45, 7) is 5.71. The standard InChI is InChI=1S/C16H26N4/c1-3-17-16(20-14-9-5-4-6-10-14)19-12-15-13(2)8-7-11-18-15/h7-8,11,14H,3-6,9-10,12H2,1-2H3,(H2,17,19,20). The van der Waals surface area contributed by atoms with Gasteiger partial charge in [-0.05, 0) is 38.3 Å². The summed E-state index contributed by atoms with van der Waals surface area (Å²) in [5.41, 5.74) is 2.25. The van der Waals surface area contributed by atoms with Crippen LogP contribution in [0.15, 0.2) is 23.3 Å². The van der Waals surface area contributed by atoms with Crippen LogP contribution >= 0.6 is 0 Å². The summed E-state index contributed by atoms with van der Waals surface area (Å²) in [6.07, 6.45) is 8.38. The van der Waals surface area contributed by atoms with E-state index in [1.807, 2.05) is 12.3 Å². The van der Waals surface area contributed by atoms with Crippen LogP contribution in [0.4, 0.5) is 0 Å². The molecule has 1 fully saturated rings. The highest BCUT2D eigenvalue weighted by atomic mass is 15.2. The minimum absolute atomic E-state index is 0.575. The van der Waals surface area contributed by atoms with E-state index in [9.17, 15) is 0 Å². The van der Waals surface area contributed by atoms with Gasteiger partial charge in [0.05, 0.1) is 12.2 Å². The fraction of sp³-hybridized carbons (Fsp3) is 0.625. The molecule has 4 nitrogen and oxygen atoms in total. The zero-order valence-electron chi connectivity index (χ0n) is 12.7. The van der Waals surface area contributed by atoms with Crippen LogP contribution in [0, 0.1) is 6.92 Å². The zero-order valence-corrected chi connectivity index (χ0v) is 12.7. The van der Waals surface area contributed by atoms with Crippen molar-refractivity contribution in [1.82, 2.24) is 15.6 Å². The van der Waals surface area contributed by atoms with Crippen molar-refractivity contribution < 1.29 is 0 Å². The van der Waals surface area contributed by atoms with Crippen molar-refractivity contribution in [3.8, 4) is 0 Å². The Hall–Kier alpha value is -1.58. The molecule has 0 aliphatic heterocycles. The Morgan fingerprint density at radius 1 is 1.35 bits per heavy atom. The first-order valence-electron chi connectivity index (χ1n) is 7.75. The summed E-state index contributed by atoms with van der Waals surface area (Å²) in [5.74, 6) is 0.921. The van der Waals surface area contributed by atoms with Crippen LogP contribution in [-0.4, -0.2) is 23.5 Å². The summed E-state index contributed by atoms with van der Waals surface area (Å²) in [4.78, 5) is 9.07. The van der Waals surface area contributed by atoms with E-state index in [4.69, 9.17) is 0 Å². The highest BCUT2D eigenvalue weighted by molar-refractivity contribution is 5.80. The van der Waals surface area contributed by atoms with Crippen molar-refractivity contribution >= 4 is 5.96 Å². The molecule has 20 heavy (non-hydrogen) atoms. The van der Waals surface area contributed by atoms with Gasteiger partial charge in [-0.2, -0.15) is 0 Å². The average Bonchev–Trinajstić information content (AvgIpc) is 2.47. The van der Waals surface area contributed by atoms with E-state index in [0.717, 1.165) is 18.2 Å². The lowest BCUT2D eigenvalue weighted by Gasteiger charge is -2.24. The molecule has 0 bridgehead atoms. The van der Waals surface area contributed by atoms with Gasteiger partial charge in [0.25, 0.3) is 0 Å². The third-order valence-electron chi connectivity index (χ3n) is 3.80. The fourth-order valence-electron chi connectivity index (χ4n) is 2.60. The van der Waals surface area contributed by atoms with Crippen LogP contribution < -0.4 is 10.6 Å². The van der Waals surface area contributed by atoms with Crippen LogP contribution in [0.25, 0.3) is 0 Å². The summed E-state index contributed by atoms with van der Waals surface area (Å²) in [6, 6.07) is 4.62. The predicted octanol–water partition coefficient (Wildman–Crippen LogP) is 2.78. The molecule has 110 valence electrons. The van der Waals surface area contributed by atoms with Gasteiger partial charge in [-0.15, -0.1) is 0 Å². The second kappa shape index (κ2) is 7.88. The van der Waals surface area contributed by atoms with Crippen molar-refractivity contribution in [3.05, 3.63) is 29.6 Å². The number of aliphatic imine (C=N–C) groups is 1. The van der Waals surface area contributed by atoms with Gasteiger partial charge in [0.15, 0.2) is 5.96 Å². The average molecular weight is 274 g/mol. The summed E-state index contributed by atoms with van der Waals surface area (Å²) < 4.78 is 0. The number of rotatable bonds is 4. The molecule has 2 N–H and O–H groups in total. The minimum atomic E-state index is 0.575. The van der Waals surface area contributed by atoms with Crippen LogP contribution in [0.1, 0.15) is 50.3 Å². The molecule has 1 aromatic rings. The maximum atomic E-state index is 4.67. The predicted molar refractivity (Wildman–Crippen MR) is 83.8 cm³/mol. The topological polar surface area (TPSA) is 49.3 Å². The SMILES string of the molecule is CCNC(=NCc1ncccc1C)NC1CCCCC1. The van der Waals surface area contributed by atoms with Gasteiger partial charge in [0.1, 0.15) is 0 Å². The number of guanidine groups is 1. The van der Waals surface area contributed by atoms with Crippen molar-refractivity contribution in [3.63, 3.8) is 0 Å². The van der Waals surface area contributed by atoms with Gasteiger partial charge in [-0.3, -0.25) is 4.98 Å². The lowest BCUT2D eigenvalue weighted by molar-refractivity contribution is 0.410. The van der Waals surface area contributed by atoms with Crippen molar-refractivity contribution in [2.45, 2.75) is 58.5 Å². The maximum Gasteiger partial charge on any atom is 0.191 e. The Kier molecular flexibility index (Phi) is 5.84. The fourth-order valence-corrected chi connectivity index (χ4v) is 2.60. The van der Waals surface area contributed by atoms with Crippen LogP contribution in [0.3, 0.4) is 0 Å². The van der Waals surface area contributed by atoms with E-state index in [2.05, 4.69) is 40.5 Å². The molecule has 1 heterocycles. The Morgan fingerprint density at radius 3 is 2.85 bits per heavy atom. The molecule has 2 rings (SSSR count). The molecule has 0 radical (unpaired) electrons. The van der Waals surface area contributed by atoms with E-state index in [1.165, 1.54) is 37.7 Å². The number of hydrogen-bond acceptors (Lipinski definition) is 2. The minimum Gasteiger partial charge on any atom is -0.357 e. The van der Waals surface area contributed by atoms with Crippen molar-refractivity contribution in [2.24, 2.45) is 4.99 Å². The summed E-state index contributed by atoms with van der Waals surface area (Å²) in [7, 11) is 0. The van der Waals surface area contributed by atoms with Gasteiger partial charge in [0.2, 0.25) is 0 Å². The quantitative estimate of drug-likeness (QED) is 0.655. The first kappa shape index (κ1) is 14.8. The lowest BCUT2D eigenvalue weighted by Crippen LogP contribution is -2.44. The van der Waals surface area contributed by atoms with Gasteiger partial charge in [0, 0.05) is 18.8 Å². The molecule has 0 atom stereocenters. The molecular weight excluding hydrogens is 248 g/mol. The molecule has 0 amide bonds. The number of aromatic nitrogens is 1. The summed E-state index contributed by atoms with van der Waals surface area (Å²) in [5, 5.41) is 6.89. The lowest BCUT2D eigenvalue weighted by atomic mass is 9.96. The van der Waals surface area contributed by atoms with Crippen molar-refractivity contribution in [2.75, 3.05) is 6.54 Å². The van der Waals surface area contributed by atoms with Gasteiger partial charge < -0.3 is 10.6 Å². The molecule has 1 aliphatic carbocycles. The number of hydrogen-bond donors (Lipinski definition) is 2. The van der Waals surface area contributed by atoms with Crippen LogP contribution in [0.2, 0.25) is 0 Å². The van der Waals surface area contributed by atoms with Gasteiger partial charge in [-0.1, -0.05) is 25.3 Å². The molecule has 1 aliphatic rings. The third kappa shape index (κ3) is 4.51. The van der Waals surface area contributed by atoms with Crippen LogP contribution in [-0.2, 0) is 6.54 Å². The van der Waals surface area contributed by atoms with E-state index < -0.39 is 0 Å². The first-order valence-corrected chi connectivity index (χ1v) is 7.75. The first-order chi connectivity index (χ1) is 9.79. The normalized spacial score (nSPS) is 17.0. The second-order valence-corrected chi connectivity index (χ2v) is 5.44. The molecule has 1 saturated carbocycles. The number of nitrogens with one attached hydrogen (secondary N) is 2. The monoisotopic (exact) mass is 274 g/mol. The highest BCUT2D eigenvalue weighted by Gasteiger charge is 2.14. The van der Waals surface area contributed by atoms with E-state index in [-0.39, 0.29) is 0 Å². The molecular formula is C16H26N4. The highest BCUT2D eigenvalue weighted by Crippen LogP contribution is 2.17. The Bertz CT molecular complexity index is 436. The number of nitrogens with zero attached hydrogens (tertiary/aromatic N) is 2. The van der Waals surface area contributed by atoms with Gasteiger partial charge in [-0.25, -0.2) is 4.99 Å². The molecule has 1 aromatic heterocycles. The second-order valence-electron chi connectivity index (χ2n) is 5.44. The molecule has 0 unspecified atom stereocenters.